The smallest absolute Gasteiger partial charge is 0.191 e. The van der Waals surface area contributed by atoms with Crippen molar-refractivity contribution in [3.8, 4) is 0 Å². The average Bonchev–Trinajstić information content (AvgIpc) is 3.14. The van der Waals surface area contributed by atoms with E-state index in [0.717, 1.165) is 12.8 Å². The van der Waals surface area contributed by atoms with Gasteiger partial charge in [-0.1, -0.05) is 36.8 Å². The summed E-state index contributed by atoms with van der Waals surface area (Å²) in [5.41, 5.74) is 1.15. The Hall–Kier alpha value is -0.900. The molecular weight excluding hydrogens is 226 g/mol. The van der Waals surface area contributed by atoms with Crippen LogP contribution in [0.1, 0.15) is 44.2 Å². The first-order valence-electron chi connectivity index (χ1n) is 6.84. The summed E-state index contributed by atoms with van der Waals surface area (Å²) in [6.07, 6.45) is 4.89. The normalized spacial score (nSPS) is 36.6. The Morgan fingerprint density at radius 2 is 2.11 bits per heavy atom. The minimum atomic E-state index is -0.151. The van der Waals surface area contributed by atoms with Crippen LogP contribution in [0.25, 0.3) is 0 Å². The summed E-state index contributed by atoms with van der Waals surface area (Å²) in [4.78, 5) is 5.97. The molecule has 2 aliphatic rings. The quantitative estimate of drug-likeness (QED) is 0.766. The third kappa shape index (κ3) is 1.87. The van der Waals surface area contributed by atoms with Gasteiger partial charge in [-0.05, 0) is 31.7 Å². The van der Waals surface area contributed by atoms with E-state index >= 15 is 0 Å². The fourth-order valence-electron chi connectivity index (χ4n) is 3.18. The Bertz CT molecular complexity index is 408. The van der Waals surface area contributed by atoms with Crippen LogP contribution in [0, 0.1) is 0 Å². The summed E-state index contributed by atoms with van der Waals surface area (Å²) in [7, 11) is 1.80. The third-order valence-corrected chi connectivity index (χ3v) is 4.27. The summed E-state index contributed by atoms with van der Waals surface area (Å²) >= 11 is 0. The van der Waals surface area contributed by atoms with E-state index in [1.54, 1.807) is 7.11 Å². The lowest BCUT2D eigenvalue weighted by atomic mass is 9.89. The molecule has 4 atom stereocenters. The first-order chi connectivity index (χ1) is 8.78. The van der Waals surface area contributed by atoms with Crippen LogP contribution in [-0.4, -0.2) is 24.0 Å². The minimum Gasteiger partial charge on any atom is -0.377 e. The van der Waals surface area contributed by atoms with Gasteiger partial charge in [-0.15, -0.1) is 5.06 Å². The Balaban J connectivity index is 1.76. The van der Waals surface area contributed by atoms with Gasteiger partial charge in [0.15, 0.2) is 5.72 Å². The Labute approximate surface area is 109 Å². The number of hydrogen-bond donors (Lipinski definition) is 0. The monoisotopic (exact) mass is 247 g/mol. The molecule has 98 valence electrons. The molecule has 1 saturated heterocycles. The molecule has 0 N–H and O–H groups in total. The first kappa shape index (κ1) is 12.2. The fourth-order valence-corrected chi connectivity index (χ4v) is 3.18. The van der Waals surface area contributed by atoms with E-state index in [4.69, 9.17) is 9.57 Å². The van der Waals surface area contributed by atoms with Gasteiger partial charge in [0, 0.05) is 7.11 Å². The number of rotatable bonds is 3. The molecule has 1 aliphatic carbocycles. The van der Waals surface area contributed by atoms with Crippen LogP contribution in [0.15, 0.2) is 30.3 Å². The molecule has 0 amide bonds. The Morgan fingerprint density at radius 1 is 1.33 bits per heavy atom. The van der Waals surface area contributed by atoms with Gasteiger partial charge in [-0.2, -0.15) is 0 Å². The van der Waals surface area contributed by atoms with Crippen LogP contribution < -0.4 is 0 Å². The van der Waals surface area contributed by atoms with Gasteiger partial charge in [0.05, 0.1) is 6.04 Å². The van der Waals surface area contributed by atoms with Gasteiger partial charge in [0.1, 0.15) is 6.10 Å². The number of nitrogens with zero attached hydrogens (tertiary/aromatic N) is 1. The molecule has 3 nitrogen and oxygen atoms in total. The minimum absolute atomic E-state index is 0.151. The van der Waals surface area contributed by atoms with E-state index in [0.29, 0.717) is 6.04 Å². The Kier molecular flexibility index (Phi) is 3.14. The van der Waals surface area contributed by atoms with Crippen molar-refractivity contribution in [3.63, 3.8) is 0 Å². The molecule has 3 heteroatoms. The molecule has 18 heavy (non-hydrogen) atoms. The van der Waals surface area contributed by atoms with Crippen LogP contribution in [0.5, 0.6) is 0 Å². The molecule has 0 bridgehead atoms. The average molecular weight is 247 g/mol. The lowest BCUT2D eigenvalue weighted by Crippen LogP contribution is -2.39. The zero-order chi connectivity index (χ0) is 12.6. The Morgan fingerprint density at radius 3 is 2.83 bits per heavy atom. The van der Waals surface area contributed by atoms with Gasteiger partial charge in [0.25, 0.3) is 0 Å². The summed E-state index contributed by atoms with van der Waals surface area (Å²) in [6.45, 7) is 2.20. The molecule has 0 aromatic heterocycles. The number of methoxy groups -OCH3 is 1. The topological polar surface area (TPSA) is 24.8 Å². The highest BCUT2D eigenvalue weighted by Gasteiger charge is 2.63. The lowest BCUT2D eigenvalue weighted by Gasteiger charge is -2.28. The van der Waals surface area contributed by atoms with E-state index in [1.165, 1.54) is 18.4 Å². The molecule has 1 unspecified atom stereocenters. The maximum atomic E-state index is 5.97. The van der Waals surface area contributed by atoms with Crippen molar-refractivity contribution in [2.75, 3.05) is 7.11 Å². The molecule has 0 radical (unpaired) electrons. The standard InChI is InChI=1S/C15H21NO2/c1-12(13-8-4-3-5-9-13)16-15(18-16)11-7-6-10-14(15)17-2/h3-5,8-9,12,14H,6-7,10-11H2,1-2H3/t12-,14-,15-,16?/m1/s1. The number of hydrogen-bond acceptors (Lipinski definition) is 3. The first-order valence-corrected chi connectivity index (χ1v) is 6.84. The molecule has 1 saturated carbocycles. The van der Waals surface area contributed by atoms with Crippen molar-refractivity contribution in [1.29, 1.82) is 0 Å². The van der Waals surface area contributed by atoms with E-state index in [-0.39, 0.29) is 11.8 Å². The summed E-state index contributed by atoms with van der Waals surface area (Å²) in [6, 6.07) is 10.8. The molecule has 1 spiro atoms. The van der Waals surface area contributed by atoms with Crippen molar-refractivity contribution in [3.05, 3.63) is 35.9 Å². The molecule has 1 aromatic rings. The molecule has 2 fully saturated rings. The summed E-state index contributed by atoms with van der Waals surface area (Å²) in [5, 5.41) is 2.13. The maximum Gasteiger partial charge on any atom is 0.191 e. The van der Waals surface area contributed by atoms with Crippen molar-refractivity contribution < 1.29 is 9.57 Å². The second-order valence-electron chi connectivity index (χ2n) is 5.32. The second kappa shape index (κ2) is 4.65. The molecule has 1 aliphatic heterocycles. The number of ether oxygens (including phenoxy) is 1. The highest BCUT2D eigenvalue weighted by molar-refractivity contribution is 5.20. The van der Waals surface area contributed by atoms with Crippen molar-refractivity contribution >= 4 is 0 Å². The van der Waals surface area contributed by atoms with Crippen LogP contribution in [0.3, 0.4) is 0 Å². The predicted molar refractivity (Wildman–Crippen MR) is 69.8 cm³/mol. The lowest BCUT2D eigenvalue weighted by molar-refractivity contribution is 0.00143. The third-order valence-electron chi connectivity index (χ3n) is 4.27. The van der Waals surface area contributed by atoms with Crippen molar-refractivity contribution in [1.82, 2.24) is 5.06 Å². The highest BCUT2D eigenvalue weighted by atomic mass is 16.9. The van der Waals surface area contributed by atoms with Crippen molar-refractivity contribution in [2.45, 2.75) is 50.5 Å². The van der Waals surface area contributed by atoms with E-state index < -0.39 is 0 Å². The molecule has 3 rings (SSSR count). The molecule has 1 aromatic carbocycles. The summed E-state index contributed by atoms with van der Waals surface area (Å²) in [5.74, 6) is 0. The van der Waals surface area contributed by atoms with Gasteiger partial charge < -0.3 is 4.74 Å². The largest absolute Gasteiger partial charge is 0.377 e. The van der Waals surface area contributed by atoms with E-state index in [9.17, 15) is 0 Å². The zero-order valence-electron chi connectivity index (χ0n) is 11.1. The van der Waals surface area contributed by atoms with Crippen molar-refractivity contribution in [2.24, 2.45) is 0 Å². The summed E-state index contributed by atoms with van der Waals surface area (Å²) < 4.78 is 5.62. The molecular formula is C15H21NO2. The van der Waals surface area contributed by atoms with Gasteiger partial charge in [-0.25, -0.2) is 0 Å². The van der Waals surface area contributed by atoms with Gasteiger partial charge >= 0.3 is 0 Å². The van der Waals surface area contributed by atoms with E-state index in [2.05, 4.69) is 36.3 Å². The van der Waals surface area contributed by atoms with Crippen LogP contribution >= 0.6 is 0 Å². The number of benzene rings is 1. The van der Waals surface area contributed by atoms with E-state index in [1.807, 2.05) is 6.07 Å². The fraction of sp³-hybridized carbons (Fsp3) is 0.600. The van der Waals surface area contributed by atoms with Crippen LogP contribution in [0.4, 0.5) is 0 Å². The molecule has 1 heterocycles. The SMILES string of the molecule is CO[C@@H]1CCCC[C@@]12ON2[C@H](C)c1ccccc1. The van der Waals surface area contributed by atoms with Crippen LogP contribution in [0.2, 0.25) is 0 Å². The van der Waals surface area contributed by atoms with Gasteiger partial charge in [-0.3, -0.25) is 4.84 Å². The highest BCUT2D eigenvalue weighted by Crippen LogP contribution is 2.52. The second-order valence-corrected chi connectivity index (χ2v) is 5.32. The predicted octanol–water partition coefficient (Wildman–Crippen LogP) is 3.28. The van der Waals surface area contributed by atoms with Gasteiger partial charge in [0.2, 0.25) is 0 Å². The maximum absolute atomic E-state index is 5.97. The zero-order valence-corrected chi connectivity index (χ0v) is 11.1. The number of hydroxylamine groups is 2. The van der Waals surface area contributed by atoms with Crippen LogP contribution in [-0.2, 0) is 9.57 Å².